The minimum Gasteiger partial charge on any atom is -0.494 e. The van der Waals surface area contributed by atoms with Crippen LogP contribution in [0.5, 0.6) is 5.75 Å². The van der Waals surface area contributed by atoms with Crippen LogP contribution in [-0.2, 0) is 0 Å². The number of hydrogen-bond acceptors (Lipinski definition) is 5. The number of halogens is 1. The monoisotopic (exact) mass is 269 g/mol. The Kier molecular flexibility index (Phi) is 3.81. The zero-order valence-corrected chi connectivity index (χ0v) is 11.0. The summed E-state index contributed by atoms with van der Waals surface area (Å²) in [5, 5.41) is 3.20. The molecule has 0 saturated carbocycles. The van der Waals surface area contributed by atoms with E-state index in [-0.39, 0.29) is 6.04 Å². The largest absolute Gasteiger partial charge is 0.494 e. The first-order valence-electron chi connectivity index (χ1n) is 5.07. The minimum absolute atomic E-state index is 0.126. The van der Waals surface area contributed by atoms with E-state index in [9.17, 15) is 0 Å². The van der Waals surface area contributed by atoms with Gasteiger partial charge >= 0.3 is 0 Å². The Morgan fingerprint density at radius 3 is 2.59 bits per heavy atom. The predicted octanol–water partition coefficient (Wildman–Crippen LogP) is 3.37. The van der Waals surface area contributed by atoms with Crippen LogP contribution in [0, 0.1) is 0 Å². The lowest BCUT2D eigenvalue weighted by Gasteiger charge is -2.11. The van der Waals surface area contributed by atoms with Gasteiger partial charge < -0.3 is 10.1 Å². The average Bonchev–Trinajstić information content (AvgIpc) is 2.77. The normalized spacial score (nSPS) is 12.2. The van der Waals surface area contributed by atoms with Gasteiger partial charge in [0.1, 0.15) is 0 Å². The Balaban J connectivity index is 2.04. The van der Waals surface area contributed by atoms with Gasteiger partial charge in [0, 0.05) is 4.88 Å². The number of thiophene rings is 1. The van der Waals surface area contributed by atoms with E-state index >= 15 is 0 Å². The van der Waals surface area contributed by atoms with Gasteiger partial charge in [-0.3, -0.25) is 0 Å². The van der Waals surface area contributed by atoms with Crippen LogP contribution < -0.4 is 10.1 Å². The summed E-state index contributed by atoms with van der Waals surface area (Å²) in [4.78, 5) is 9.44. The van der Waals surface area contributed by atoms with E-state index in [0.717, 1.165) is 9.21 Å². The first-order valence-corrected chi connectivity index (χ1v) is 6.26. The summed E-state index contributed by atoms with van der Waals surface area (Å²) >= 11 is 7.44. The molecule has 17 heavy (non-hydrogen) atoms. The molecule has 2 aromatic heterocycles. The summed E-state index contributed by atoms with van der Waals surface area (Å²) in [5.74, 6) is 1.21. The quantitative estimate of drug-likeness (QED) is 0.924. The van der Waals surface area contributed by atoms with Crippen LogP contribution in [0.25, 0.3) is 0 Å². The van der Waals surface area contributed by atoms with Crippen LogP contribution in [0.15, 0.2) is 24.5 Å². The van der Waals surface area contributed by atoms with Crippen molar-refractivity contribution in [1.82, 2.24) is 9.97 Å². The van der Waals surface area contributed by atoms with Crippen LogP contribution in [0.1, 0.15) is 17.8 Å². The fourth-order valence-electron chi connectivity index (χ4n) is 1.32. The highest BCUT2D eigenvalue weighted by atomic mass is 35.5. The molecule has 0 fully saturated rings. The molecule has 0 aliphatic rings. The smallest absolute Gasteiger partial charge is 0.223 e. The third-order valence-corrected chi connectivity index (χ3v) is 3.64. The molecular formula is C11H12ClN3OS. The summed E-state index contributed by atoms with van der Waals surface area (Å²) < 4.78 is 5.78. The number of hydrogen-bond donors (Lipinski definition) is 1. The van der Waals surface area contributed by atoms with Crippen molar-refractivity contribution in [3.8, 4) is 5.75 Å². The fourth-order valence-corrected chi connectivity index (χ4v) is 2.39. The third-order valence-electron chi connectivity index (χ3n) is 2.23. The molecule has 0 spiro atoms. The first-order chi connectivity index (χ1) is 8.19. The molecule has 6 heteroatoms. The second kappa shape index (κ2) is 5.33. The molecule has 90 valence electrons. The molecule has 2 heterocycles. The molecule has 2 aromatic rings. The van der Waals surface area contributed by atoms with E-state index in [2.05, 4.69) is 15.3 Å². The van der Waals surface area contributed by atoms with Crippen molar-refractivity contribution in [2.75, 3.05) is 12.4 Å². The Hall–Kier alpha value is -1.33. The fraction of sp³-hybridized carbons (Fsp3) is 0.273. The van der Waals surface area contributed by atoms with Gasteiger partial charge in [0.05, 0.1) is 29.9 Å². The van der Waals surface area contributed by atoms with Crippen molar-refractivity contribution >= 4 is 28.9 Å². The molecule has 0 amide bonds. The third kappa shape index (κ3) is 3.08. The molecule has 0 aliphatic carbocycles. The summed E-state index contributed by atoms with van der Waals surface area (Å²) in [6.07, 6.45) is 3.26. The lowest BCUT2D eigenvalue weighted by atomic mass is 10.3. The SMILES string of the molecule is COc1cnc(NC(C)c2ccc(Cl)s2)nc1. The summed E-state index contributed by atoms with van der Waals surface area (Å²) in [5.41, 5.74) is 0. The number of rotatable bonds is 4. The maximum absolute atomic E-state index is 5.89. The summed E-state index contributed by atoms with van der Waals surface area (Å²) in [7, 11) is 1.59. The van der Waals surface area contributed by atoms with E-state index in [1.54, 1.807) is 30.8 Å². The Morgan fingerprint density at radius 2 is 2.06 bits per heavy atom. The number of nitrogens with one attached hydrogen (secondary N) is 1. The Bertz CT molecular complexity index is 486. The molecule has 1 atom stereocenters. The van der Waals surface area contributed by atoms with Crippen LogP contribution in [0.3, 0.4) is 0 Å². The second-order valence-electron chi connectivity index (χ2n) is 3.45. The van der Waals surface area contributed by atoms with Crippen molar-refractivity contribution in [2.24, 2.45) is 0 Å². The average molecular weight is 270 g/mol. The lowest BCUT2D eigenvalue weighted by molar-refractivity contribution is 0.411. The van der Waals surface area contributed by atoms with E-state index in [1.165, 1.54) is 0 Å². The molecule has 0 radical (unpaired) electrons. The van der Waals surface area contributed by atoms with Gasteiger partial charge in [-0.25, -0.2) is 9.97 Å². The lowest BCUT2D eigenvalue weighted by Crippen LogP contribution is -2.07. The van der Waals surface area contributed by atoms with Crippen LogP contribution in [0.4, 0.5) is 5.95 Å². The molecule has 4 nitrogen and oxygen atoms in total. The second-order valence-corrected chi connectivity index (χ2v) is 5.20. The highest BCUT2D eigenvalue weighted by Gasteiger charge is 2.09. The molecule has 1 unspecified atom stereocenters. The molecule has 2 rings (SSSR count). The van der Waals surface area contributed by atoms with E-state index in [4.69, 9.17) is 16.3 Å². The maximum atomic E-state index is 5.89. The van der Waals surface area contributed by atoms with Crippen molar-refractivity contribution in [2.45, 2.75) is 13.0 Å². The number of aromatic nitrogens is 2. The Morgan fingerprint density at radius 1 is 1.35 bits per heavy atom. The van der Waals surface area contributed by atoms with Crippen LogP contribution >= 0.6 is 22.9 Å². The molecule has 1 N–H and O–H groups in total. The van der Waals surface area contributed by atoms with E-state index in [1.807, 2.05) is 19.1 Å². The van der Waals surface area contributed by atoms with Crippen molar-refractivity contribution in [3.63, 3.8) is 0 Å². The zero-order chi connectivity index (χ0) is 12.3. The van der Waals surface area contributed by atoms with Gasteiger partial charge in [-0.1, -0.05) is 11.6 Å². The topological polar surface area (TPSA) is 47.0 Å². The van der Waals surface area contributed by atoms with Crippen LogP contribution in [0.2, 0.25) is 4.34 Å². The van der Waals surface area contributed by atoms with Gasteiger partial charge in [-0.05, 0) is 19.1 Å². The van der Waals surface area contributed by atoms with Gasteiger partial charge in [-0.2, -0.15) is 0 Å². The van der Waals surface area contributed by atoms with E-state index < -0.39 is 0 Å². The summed E-state index contributed by atoms with van der Waals surface area (Å²) in [6, 6.07) is 4.00. The number of methoxy groups -OCH3 is 1. The number of anilines is 1. The van der Waals surface area contributed by atoms with Crippen molar-refractivity contribution in [3.05, 3.63) is 33.7 Å². The van der Waals surface area contributed by atoms with E-state index in [0.29, 0.717) is 11.7 Å². The maximum Gasteiger partial charge on any atom is 0.223 e. The van der Waals surface area contributed by atoms with Gasteiger partial charge in [0.25, 0.3) is 0 Å². The highest BCUT2D eigenvalue weighted by molar-refractivity contribution is 7.16. The van der Waals surface area contributed by atoms with Gasteiger partial charge in [0.15, 0.2) is 5.75 Å². The standard InChI is InChI=1S/C11H12ClN3OS/c1-7(9-3-4-10(12)17-9)15-11-13-5-8(16-2)6-14-11/h3-7H,1-2H3,(H,13,14,15). The predicted molar refractivity (Wildman–Crippen MR) is 70.0 cm³/mol. The van der Waals surface area contributed by atoms with Crippen molar-refractivity contribution < 1.29 is 4.74 Å². The molecule has 0 aromatic carbocycles. The molecule has 0 bridgehead atoms. The van der Waals surface area contributed by atoms with Gasteiger partial charge in [0.2, 0.25) is 5.95 Å². The molecule has 0 saturated heterocycles. The van der Waals surface area contributed by atoms with Crippen molar-refractivity contribution in [1.29, 1.82) is 0 Å². The number of ether oxygens (including phenoxy) is 1. The molecular weight excluding hydrogens is 258 g/mol. The molecule has 0 aliphatic heterocycles. The Labute approximate surface area is 109 Å². The zero-order valence-electron chi connectivity index (χ0n) is 9.48. The summed E-state index contributed by atoms with van der Waals surface area (Å²) in [6.45, 7) is 2.04. The highest BCUT2D eigenvalue weighted by Crippen LogP contribution is 2.28. The minimum atomic E-state index is 0.126. The number of nitrogens with zero attached hydrogens (tertiary/aromatic N) is 2. The van der Waals surface area contributed by atoms with Gasteiger partial charge in [-0.15, -0.1) is 11.3 Å². The first kappa shape index (κ1) is 12.1. The van der Waals surface area contributed by atoms with Crippen LogP contribution in [-0.4, -0.2) is 17.1 Å².